The summed E-state index contributed by atoms with van der Waals surface area (Å²) in [5.74, 6) is -1.95. The van der Waals surface area contributed by atoms with Gasteiger partial charge in [0.2, 0.25) is 11.8 Å². The lowest BCUT2D eigenvalue weighted by molar-refractivity contribution is -0.137. The van der Waals surface area contributed by atoms with Crippen molar-refractivity contribution < 1.29 is 18.8 Å². The van der Waals surface area contributed by atoms with E-state index in [0.717, 1.165) is 44.2 Å². The lowest BCUT2D eigenvalue weighted by Crippen LogP contribution is -2.51. The average molecular weight is 446 g/mol. The van der Waals surface area contributed by atoms with E-state index < -0.39 is 23.5 Å². The van der Waals surface area contributed by atoms with Crippen molar-refractivity contribution in [3.05, 3.63) is 29.6 Å². The van der Waals surface area contributed by atoms with Gasteiger partial charge in [-0.15, -0.1) is 0 Å². The third kappa shape index (κ3) is 5.63. The van der Waals surface area contributed by atoms with Crippen LogP contribution in [-0.4, -0.2) is 53.5 Å². The van der Waals surface area contributed by atoms with Crippen LogP contribution in [0.5, 0.6) is 0 Å². The smallest absolute Gasteiger partial charge is 0.267 e. The summed E-state index contributed by atoms with van der Waals surface area (Å²) < 4.78 is 13.7. The Balaban J connectivity index is 1.63. The van der Waals surface area contributed by atoms with E-state index in [1.54, 1.807) is 4.90 Å². The molecule has 3 amide bonds. The molecule has 0 spiro atoms. The minimum absolute atomic E-state index is 0.113. The number of primary amides is 1. The molecule has 8 nitrogen and oxygen atoms in total. The van der Waals surface area contributed by atoms with E-state index in [-0.39, 0.29) is 41.1 Å². The van der Waals surface area contributed by atoms with Crippen LogP contribution in [-0.2, 0) is 14.4 Å². The van der Waals surface area contributed by atoms with Gasteiger partial charge in [-0.1, -0.05) is 20.3 Å². The number of likely N-dealkylation sites (tertiary alicyclic amines) is 1. The molecule has 2 atom stereocenters. The van der Waals surface area contributed by atoms with Crippen molar-refractivity contribution in [2.75, 3.05) is 18.4 Å². The van der Waals surface area contributed by atoms with E-state index in [4.69, 9.17) is 11.1 Å². The summed E-state index contributed by atoms with van der Waals surface area (Å²) in [6, 6.07) is 3.10. The van der Waals surface area contributed by atoms with Crippen LogP contribution >= 0.6 is 0 Å². The van der Waals surface area contributed by atoms with Gasteiger partial charge in [0, 0.05) is 23.8 Å². The molecule has 174 valence electrons. The van der Waals surface area contributed by atoms with Crippen LogP contribution in [0.4, 0.5) is 10.1 Å². The predicted octanol–water partition coefficient (Wildman–Crippen LogP) is 2.17. The Labute approximate surface area is 187 Å². The molecule has 3 rings (SSSR count). The summed E-state index contributed by atoms with van der Waals surface area (Å²) in [5, 5.41) is 13.7. The van der Waals surface area contributed by atoms with Crippen LogP contribution in [0.15, 0.2) is 18.2 Å². The van der Waals surface area contributed by atoms with E-state index in [2.05, 4.69) is 24.5 Å². The zero-order valence-corrected chi connectivity index (χ0v) is 18.7. The van der Waals surface area contributed by atoms with Crippen molar-refractivity contribution in [3.8, 4) is 0 Å². The molecule has 1 aliphatic carbocycles. The van der Waals surface area contributed by atoms with Gasteiger partial charge in [-0.3, -0.25) is 19.8 Å². The minimum Gasteiger partial charge on any atom is -0.376 e. The molecule has 1 saturated carbocycles. The molecule has 0 radical (unpaired) electrons. The third-order valence-corrected chi connectivity index (χ3v) is 6.35. The second kappa shape index (κ2) is 9.67. The molecule has 0 unspecified atom stereocenters. The highest BCUT2D eigenvalue weighted by Crippen LogP contribution is 2.35. The van der Waals surface area contributed by atoms with Crippen molar-refractivity contribution >= 4 is 29.1 Å². The van der Waals surface area contributed by atoms with Gasteiger partial charge in [-0.25, -0.2) is 4.39 Å². The number of hydrogen-bond acceptors (Lipinski definition) is 5. The molecular formula is C23H32FN5O3. The maximum atomic E-state index is 13.7. The fourth-order valence-corrected chi connectivity index (χ4v) is 4.74. The molecule has 1 aromatic rings. The lowest BCUT2D eigenvalue weighted by Gasteiger charge is -2.36. The Hall–Kier alpha value is -2.97. The number of carbonyl (C=O) groups is 3. The van der Waals surface area contributed by atoms with Crippen LogP contribution < -0.4 is 16.4 Å². The van der Waals surface area contributed by atoms with Crippen molar-refractivity contribution in [2.24, 2.45) is 11.1 Å². The van der Waals surface area contributed by atoms with E-state index in [9.17, 15) is 18.8 Å². The summed E-state index contributed by atoms with van der Waals surface area (Å²) in [6.45, 7) is 4.70. The first-order valence-corrected chi connectivity index (χ1v) is 11.1. The second-order valence-corrected chi connectivity index (χ2v) is 9.49. The van der Waals surface area contributed by atoms with Crippen molar-refractivity contribution in [1.82, 2.24) is 10.2 Å². The van der Waals surface area contributed by atoms with Crippen molar-refractivity contribution in [2.45, 2.75) is 64.5 Å². The van der Waals surface area contributed by atoms with E-state index in [1.165, 1.54) is 6.07 Å². The van der Waals surface area contributed by atoms with Gasteiger partial charge >= 0.3 is 0 Å². The molecular weight excluding hydrogens is 413 g/mol. The molecule has 32 heavy (non-hydrogen) atoms. The van der Waals surface area contributed by atoms with Gasteiger partial charge in [0.1, 0.15) is 17.6 Å². The standard InChI is InChI=1S/C23H32FN5O3/c1-23(2)9-3-5-15(12-23)28-22(32)18-6-4-10-29(18)19(30)13-27-17-11-14(24)7-8-16(17)20(25)21(26)31/h7-8,11,15,18,25,27H,3-6,9-10,12-13H2,1-2H3,(H2,26,31)(H,28,32)/t15-,18+/m1/s1. The summed E-state index contributed by atoms with van der Waals surface area (Å²) in [6.07, 6.45) is 5.43. The van der Waals surface area contributed by atoms with Crippen LogP contribution in [0.1, 0.15) is 57.9 Å². The number of anilines is 1. The zero-order chi connectivity index (χ0) is 23.5. The number of nitrogens with zero attached hydrogens (tertiary/aromatic N) is 1. The average Bonchev–Trinajstić information content (AvgIpc) is 3.21. The predicted molar refractivity (Wildman–Crippen MR) is 120 cm³/mol. The number of amides is 3. The monoisotopic (exact) mass is 445 g/mol. The maximum absolute atomic E-state index is 13.7. The molecule has 1 heterocycles. The summed E-state index contributed by atoms with van der Waals surface area (Å²) in [5.41, 5.74) is 5.14. The number of carbonyl (C=O) groups excluding carboxylic acids is 3. The van der Waals surface area contributed by atoms with Gasteiger partial charge in [-0.2, -0.15) is 0 Å². The molecule has 0 bridgehead atoms. The lowest BCUT2D eigenvalue weighted by atomic mass is 9.75. The molecule has 2 fully saturated rings. The first kappa shape index (κ1) is 23.7. The van der Waals surface area contributed by atoms with E-state index >= 15 is 0 Å². The van der Waals surface area contributed by atoms with Crippen LogP contribution in [0.25, 0.3) is 0 Å². The second-order valence-electron chi connectivity index (χ2n) is 9.49. The largest absolute Gasteiger partial charge is 0.376 e. The molecule has 1 aromatic carbocycles. The Bertz CT molecular complexity index is 917. The Morgan fingerprint density at radius 3 is 2.69 bits per heavy atom. The van der Waals surface area contributed by atoms with Crippen LogP contribution in [0.2, 0.25) is 0 Å². The number of benzene rings is 1. The maximum Gasteiger partial charge on any atom is 0.267 e. The highest BCUT2D eigenvalue weighted by Gasteiger charge is 2.36. The highest BCUT2D eigenvalue weighted by atomic mass is 19.1. The van der Waals surface area contributed by atoms with Gasteiger partial charge in [0.25, 0.3) is 5.91 Å². The first-order valence-electron chi connectivity index (χ1n) is 11.1. The summed E-state index contributed by atoms with van der Waals surface area (Å²) in [4.78, 5) is 38.7. The van der Waals surface area contributed by atoms with Crippen molar-refractivity contribution in [1.29, 1.82) is 5.41 Å². The van der Waals surface area contributed by atoms with Crippen LogP contribution in [0, 0.1) is 16.6 Å². The van der Waals surface area contributed by atoms with Crippen LogP contribution in [0.3, 0.4) is 0 Å². The SMILES string of the molecule is CC1(C)CCC[C@@H](NC(=O)[C@@H]2CCCN2C(=O)CNc2cc(F)ccc2C(=N)C(N)=O)C1. The Kier molecular flexibility index (Phi) is 7.16. The molecule has 0 aromatic heterocycles. The first-order chi connectivity index (χ1) is 15.1. The van der Waals surface area contributed by atoms with Crippen molar-refractivity contribution in [3.63, 3.8) is 0 Å². The van der Waals surface area contributed by atoms with Gasteiger partial charge in [-0.05, 0) is 55.7 Å². The Morgan fingerprint density at radius 2 is 2.00 bits per heavy atom. The number of hydrogen-bond donors (Lipinski definition) is 4. The third-order valence-electron chi connectivity index (χ3n) is 6.35. The number of halogens is 1. The fourth-order valence-electron chi connectivity index (χ4n) is 4.74. The zero-order valence-electron chi connectivity index (χ0n) is 18.7. The molecule has 9 heteroatoms. The van der Waals surface area contributed by atoms with Gasteiger partial charge in [0.15, 0.2) is 0 Å². The van der Waals surface area contributed by atoms with Gasteiger partial charge in [0.05, 0.1) is 6.54 Å². The topological polar surface area (TPSA) is 128 Å². The summed E-state index contributed by atoms with van der Waals surface area (Å²) in [7, 11) is 0. The number of rotatable bonds is 7. The number of nitrogens with two attached hydrogens (primary N) is 1. The highest BCUT2D eigenvalue weighted by molar-refractivity contribution is 6.44. The van der Waals surface area contributed by atoms with Gasteiger partial charge < -0.3 is 21.3 Å². The molecule has 5 N–H and O–H groups in total. The minimum atomic E-state index is -0.951. The normalized spacial score (nSPS) is 22.3. The molecule has 1 aliphatic heterocycles. The quantitative estimate of drug-likeness (QED) is 0.480. The Morgan fingerprint density at radius 1 is 1.25 bits per heavy atom. The number of nitrogens with one attached hydrogen (secondary N) is 3. The van der Waals surface area contributed by atoms with E-state index in [0.29, 0.717) is 13.0 Å². The fraction of sp³-hybridized carbons (Fsp3) is 0.565. The molecule has 2 aliphatic rings. The summed E-state index contributed by atoms with van der Waals surface area (Å²) >= 11 is 0. The molecule has 1 saturated heterocycles. The van der Waals surface area contributed by atoms with E-state index in [1.807, 2.05) is 0 Å².